The molecule has 0 rings (SSSR count). The fourth-order valence-electron chi connectivity index (χ4n) is 11.6. The summed E-state index contributed by atoms with van der Waals surface area (Å²) in [4.78, 5) is 38.3. The van der Waals surface area contributed by atoms with Gasteiger partial charge in [-0.1, -0.05) is 379 Å². The minimum Gasteiger partial charge on any atom is -0.462 e. The lowest BCUT2D eigenvalue weighted by Gasteiger charge is -2.18. The maximum absolute atomic E-state index is 12.9. The molecule has 0 heterocycles. The highest BCUT2D eigenvalue weighted by molar-refractivity contribution is 5.71. The van der Waals surface area contributed by atoms with Gasteiger partial charge in [0.2, 0.25) is 0 Å². The van der Waals surface area contributed by atoms with E-state index in [0.717, 1.165) is 64.2 Å². The number of carbonyl (C=O) groups excluding carboxylic acids is 3. The Morgan fingerprint density at radius 1 is 0.244 bits per heavy atom. The van der Waals surface area contributed by atoms with E-state index in [4.69, 9.17) is 14.2 Å². The molecule has 6 nitrogen and oxygen atoms in total. The predicted molar refractivity (Wildman–Crippen MR) is 358 cm³/mol. The van der Waals surface area contributed by atoms with E-state index in [9.17, 15) is 14.4 Å². The lowest BCUT2D eigenvalue weighted by atomic mass is 10.0. The average molecular weight is 1150 g/mol. The molecular formula is C76H144O6. The third kappa shape index (κ3) is 68.7. The first-order valence-corrected chi connectivity index (χ1v) is 37.3. The van der Waals surface area contributed by atoms with Crippen LogP contribution in [-0.2, 0) is 28.6 Å². The number of rotatable bonds is 70. The Bertz CT molecular complexity index is 1320. The summed E-state index contributed by atoms with van der Waals surface area (Å²) in [6.45, 7) is 6.69. The van der Waals surface area contributed by atoms with E-state index in [2.05, 4.69) is 45.1 Å². The summed E-state index contributed by atoms with van der Waals surface area (Å²) >= 11 is 0. The molecule has 0 bridgehead atoms. The molecule has 0 aromatic heterocycles. The van der Waals surface area contributed by atoms with Crippen molar-refractivity contribution in [3.05, 3.63) is 24.3 Å². The minimum absolute atomic E-state index is 0.0640. The van der Waals surface area contributed by atoms with Gasteiger partial charge < -0.3 is 14.2 Å². The minimum atomic E-state index is -0.766. The van der Waals surface area contributed by atoms with Crippen LogP contribution in [0.25, 0.3) is 0 Å². The van der Waals surface area contributed by atoms with Gasteiger partial charge in [0.05, 0.1) is 0 Å². The SMILES string of the molecule is CCCCCCC/C=C\C/C=C\CCCCCCCCCCCCCCCCCCCC(=O)OCC(COC(=O)CCCCCCCCCC)OC(=O)CCCCCCCCCCCCCCCCCCCCCCCCCCCCC. The van der Waals surface area contributed by atoms with Crippen LogP contribution in [0.1, 0.15) is 425 Å². The third-order valence-electron chi connectivity index (χ3n) is 17.2. The summed E-state index contributed by atoms with van der Waals surface area (Å²) < 4.78 is 16.9. The van der Waals surface area contributed by atoms with E-state index in [1.165, 1.54) is 321 Å². The van der Waals surface area contributed by atoms with Crippen molar-refractivity contribution in [2.45, 2.75) is 431 Å². The normalized spacial score (nSPS) is 12.1. The Morgan fingerprint density at radius 3 is 0.671 bits per heavy atom. The van der Waals surface area contributed by atoms with Gasteiger partial charge in [0.25, 0.3) is 0 Å². The Hall–Kier alpha value is -2.11. The van der Waals surface area contributed by atoms with Crippen molar-refractivity contribution in [1.82, 2.24) is 0 Å². The van der Waals surface area contributed by atoms with Crippen molar-refractivity contribution in [3.63, 3.8) is 0 Å². The quantitative estimate of drug-likeness (QED) is 0.0261. The number of ether oxygens (including phenoxy) is 3. The van der Waals surface area contributed by atoms with Crippen molar-refractivity contribution in [2.24, 2.45) is 0 Å². The van der Waals surface area contributed by atoms with Crippen LogP contribution >= 0.6 is 0 Å². The molecule has 1 unspecified atom stereocenters. The molecule has 0 amide bonds. The fraction of sp³-hybridized carbons (Fsp3) is 0.908. The van der Waals surface area contributed by atoms with Gasteiger partial charge in [0.1, 0.15) is 13.2 Å². The van der Waals surface area contributed by atoms with Crippen LogP contribution in [0.5, 0.6) is 0 Å². The lowest BCUT2D eigenvalue weighted by Crippen LogP contribution is -2.30. The maximum atomic E-state index is 12.9. The molecule has 0 N–H and O–H groups in total. The standard InChI is InChI=1S/C76H144O6/c1-4-7-10-13-16-19-21-23-25-27-29-31-33-35-37-38-40-41-43-45-47-49-51-53-55-57-60-63-66-69-75(78)81-72-73(71-80-74(77)68-65-62-59-18-15-12-9-6-3)82-76(79)70-67-64-61-58-56-54-52-50-48-46-44-42-39-36-34-32-30-28-26-24-22-20-17-14-11-8-5-2/h21,23,27,29,73H,4-20,22,24-26,28,30-72H2,1-3H3/b23-21-,29-27-. The maximum Gasteiger partial charge on any atom is 0.306 e. The van der Waals surface area contributed by atoms with Gasteiger partial charge in [0, 0.05) is 19.3 Å². The Kier molecular flexibility index (Phi) is 69.5. The zero-order valence-electron chi connectivity index (χ0n) is 55.8. The highest BCUT2D eigenvalue weighted by atomic mass is 16.6. The second-order valence-corrected chi connectivity index (χ2v) is 25.6. The molecule has 6 heteroatoms. The van der Waals surface area contributed by atoms with Crippen LogP contribution in [0.2, 0.25) is 0 Å². The van der Waals surface area contributed by atoms with Crippen LogP contribution in [0.15, 0.2) is 24.3 Å². The highest BCUT2D eigenvalue weighted by Crippen LogP contribution is 2.19. The molecule has 0 aliphatic rings. The molecule has 0 aliphatic carbocycles. The summed E-state index contributed by atoms with van der Waals surface area (Å²) in [6, 6.07) is 0. The first-order chi connectivity index (χ1) is 40.5. The molecule has 82 heavy (non-hydrogen) atoms. The monoisotopic (exact) mass is 1150 g/mol. The molecule has 0 fully saturated rings. The van der Waals surface area contributed by atoms with Crippen LogP contribution in [0, 0.1) is 0 Å². The number of esters is 3. The Balaban J connectivity index is 4.02. The molecule has 0 radical (unpaired) electrons. The summed E-state index contributed by atoms with van der Waals surface area (Å²) in [7, 11) is 0. The highest BCUT2D eigenvalue weighted by Gasteiger charge is 2.20. The largest absolute Gasteiger partial charge is 0.462 e. The second-order valence-electron chi connectivity index (χ2n) is 25.6. The van der Waals surface area contributed by atoms with E-state index in [1.807, 2.05) is 0 Å². The molecular weight excluding hydrogens is 1010 g/mol. The van der Waals surface area contributed by atoms with Gasteiger partial charge >= 0.3 is 17.9 Å². The van der Waals surface area contributed by atoms with Crippen LogP contribution < -0.4 is 0 Å². The molecule has 484 valence electrons. The lowest BCUT2D eigenvalue weighted by molar-refractivity contribution is -0.167. The Labute approximate surface area is 513 Å². The third-order valence-corrected chi connectivity index (χ3v) is 17.2. The van der Waals surface area contributed by atoms with Crippen molar-refractivity contribution in [3.8, 4) is 0 Å². The topological polar surface area (TPSA) is 78.9 Å². The zero-order valence-corrected chi connectivity index (χ0v) is 55.8. The van der Waals surface area contributed by atoms with E-state index in [0.29, 0.717) is 19.3 Å². The van der Waals surface area contributed by atoms with Crippen LogP contribution in [0.4, 0.5) is 0 Å². The molecule has 1 atom stereocenters. The van der Waals surface area contributed by atoms with Gasteiger partial charge in [0.15, 0.2) is 6.10 Å². The molecule has 0 aromatic rings. The van der Waals surface area contributed by atoms with Crippen LogP contribution in [-0.4, -0.2) is 37.2 Å². The summed E-state index contributed by atoms with van der Waals surface area (Å²) in [5.41, 5.74) is 0. The Morgan fingerprint density at radius 2 is 0.439 bits per heavy atom. The summed E-state index contributed by atoms with van der Waals surface area (Å²) in [5, 5.41) is 0. The first-order valence-electron chi connectivity index (χ1n) is 37.3. The van der Waals surface area contributed by atoms with E-state index < -0.39 is 6.10 Å². The van der Waals surface area contributed by atoms with Crippen LogP contribution in [0.3, 0.4) is 0 Å². The van der Waals surface area contributed by atoms with Crippen molar-refractivity contribution in [2.75, 3.05) is 13.2 Å². The summed E-state index contributed by atoms with van der Waals surface area (Å²) in [5.74, 6) is -0.835. The molecule has 0 aromatic carbocycles. The zero-order chi connectivity index (χ0) is 59.2. The fourth-order valence-corrected chi connectivity index (χ4v) is 11.6. The summed E-state index contributed by atoms with van der Waals surface area (Å²) in [6.07, 6.45) is 88.2. The molecule has 0 aliphatic heterocycles. The average Bonchev–Trinajstić information content (AvgIpc) is 3.47. The molecule has 0 saturated heterocycles. The number of hydrogen-bond donors (Lipinski definition) is 0. The second kappa shape index (κ2) is 71.4. The number of hydrogen-bond acceptors (Lipinski definition) is 6. The van der Waals surface area contributed by atoms with Gasteiger partial charge in [-0.25, -0.2) is 0 Å². The molecule has 0 spiro atoms. The van der Waals surface area contributed by atoms with Crippen molar-refractivity contribution >= 4 is 17.9 Å². The first kappa shape index (κ1) is 79.9. The van der Waals surface area contributed by atoms with Gasteiger partial charge in [-0.3, -0.25) is 14.4 Å². The van der Waals surface area contributed by atoms with E-state index in [1.54, 1.807) is 0 Å². The number of carbonyl (C=O) groups is 3. The van der Waals surface area contributed by atoms with E-state index >= 15 is 0 Å². The van der Waals surface area contributed by atoms with Crippen molar-refractivity contribution < 1.29 is 28.6 Å². The smallest absolute Gasteiger partial charge is 0.306 e. The van der Waals surface area contributed by atoms with Gasteiger partial charge in [-0.05, 0) is 51.4 Å². The van der Waals surface area contributed by atoms with Crippen molar-refractivity contribution in [1.29, 1.82) is 0 Å². The van der Waals surface area contributed by atoms with E-state index in [-0.39, 0.29) is 31.1 Å². The van der Waals surface area contributed by atoms with Gasteiger partial charge in [-0.15, -0.1) is 0 Å². The number of allylic oxidation sites excluding steroid dienone is 4. The predicted octanol–water partition coefficient (Wildman–Crippen LogP) is 25.7. The number of unbranched alkanes of at least 4 members (excludes halogenated alkanes) is 55. The van der Waals surface area contributed by atoms with Gasteiger partial charge in [-0.2, -0.15) is 0 Å². The molecule has 0 saturated carbocycles.